The SMILES string of the molecule is Cc1c(-c2cc3cc(NC(=O)O[C@@H]4CCNC4)ncc3c(N)c2F)cnc2c1NCCO2.Cc1c(-c2cc3cc(NC(=O)O[C@H]4CCNC4)ncc3c(N)c2F)cnc2c1NCCO2. The van der Waals surface area contributed by atoms with Gasteiger partial charge in [0.2, 0.25) is 11.8 Å². The third-order valence-corrected chi connectivity index (χ3v) is 11.5. The second kappa shape index (κ2) is 17.8. The third-order valence-electron chi connectivity index (χ3n) is 11.5. The van der Waals surface area contributed by atoms with E-state index in [-0.39, 0.29) is 23.6 Å². The van der Waals surface area contributed by atoms with E-state index in [1.54, 1.807) is 36.7 Å². The van der Waals surface area contributed by atoms with Crippen LogP contribution in [0.3, 0.4) is 0 Å². The summed E-state index contributed by atoms with van der Waals surface area (Å²) in [6.07, 6.45) is 6.10. The molecule has 332 valence electrons. The highest BCUT2D eigenvalue weighted by Gasteiger charge is 2.25. The van der Waals surface area contributed by atoms with Crippen molar-refractivity contribution in [2.45, 2.75) is 38.9 Å². The lowest BCUT2D eigenvalue weighted by Gasteiger charge is -2.22. The third kappa shape index (κ3) is 8.43. The Morgan fingerprint density at radius 1 is 0.641 bits per heavy atom. The second-order valence-corrected chi connectivity index (χ2v) is 15.7. The highest BCUT2D eigenvalue weighted by atomic mass is 19.1. The fourth-order valence-electron chi connectivity index (χ4n) is 8.14. The molecule has 4 aromatic heterocycles. The fraction of sp³-hybridized carbons (Fsp3) is 0.318. The monoisotopic (exact) mass is 876 g/mol. The molecule has 8 heterocycles. The average Bonchev–Trinajstić information content (AvgIpc) is 4.02. The van der Waals surface area contributed by atoms with Crippen molar-refractivity contribution in [3.05, 3.63) is 71.8 Å². The number of hydrogen-bond acceptors (Lipinski definition) is 16. The van der Waals surface area contributed by atoms with Crippen LogP contribution < -0.4 is 52.8 Å². The molecule has 0 saturated carbocycles. The van der Waals surface area contributed by atoms with Gasteiger partial charge in [-0.3, -0.25) is 10.6 Å². The summed E-state index contributed by atoms with van der Waals surface area (Å²) in [4.78, 5) is 41.4. The van der Waals surface area contributed by atoms with Gasteiger partial charge in [0.25, 0.3) is 0 Å². The van der Waals surface area contributed by atoms with Crippen LogP contribution in [0.5, 0.6) is 11.8 Å². The first-order valence-corrected chi connectivity index (χ1v) is 20.9. The van der Waals surface area contributed by atoms with Gasteiger partial charge in [-0.1, -0.05) is 0 Å². The Kier molecular flexibility index (Phi) is 11.7. The van der Waals surface area contributed by atoms with Crippen molar-refractivity contribution in [3.8, 4) is 34.0 Å². The molecular formula is C44H46F2N12O6. The largest absolute Gasteiger partial charge is 0.474 e. The number of carbonyl (C=O) groups excluding carboxylic acids is 2. The molecular weight excluding hydrogens is 831 g/mol. The molecule has 0 spiro atoms. The van der Waals surface area contributed by atoms with E-state index < -0.39 is 23.8 Å². The summed E-state index contributed by atoms with van der Waals surface area (Å²) in [6, 6.07) is 6.65. The van der Waals surface area contributed by atoms with Gasteiger partial charge >= 0.3 is 12.2 Å². The van der Waals surface area contributed by atoms with E-state index in [2.05, 4.69) is 51.8 Å². The molecule has 0 radical (unpaired) electrons. The van der Waals surface area contributed by atoms with Gasteiger partial charge in [-0.25, -0.2) is 38.3 Å². The Labute approximate surface area is 365 Å². The molecule has 2 atom stereocenters. The Morgan fingerprint density at radius 2 is 1.08 bits per heavy atom. The number of nitrogens with zero attached hydrogens (tertiary/aromatic N) is 4. The van der Waals surface area contributed by atoms with Gasteiger partial charge in [-0.15, -0.1) is 0 Å². The van der Waals surface area contributed by atoms with E-state index >= 15 is 8.78 Å². The van der Waals surface area contributed by atoms with E-state index in [4.69, 9.17) is 30.4 Å². The van der Waals surface area contributed by atoms with Crippen LogP contribution in [0, 0.1) is 25.5 Å². The summed E-state index contributed by atoms with van der Waals surface area (Å²) in [6.45, 7) is 9.01. The van der Waals surface area contributed by atoms with Crippen LogP contribution in [0.2, 0.25) is 0 Å². The Morgan fingerprint density at radius 3 is 1.48 bits per heavy atom. The molecule has 6 aromatic rings. The topological polar surface area (TPSA) is 247 Å². The van der Waals surface area contributed by atoms with Gasteiger partial charge in [0.1, 0.15) is 48.4 Å². The number of carbonyl (C=O) groups is 2. The lowest BCUT2D eigenvalue weighted by molar-refractivity contribution is 0.120. The maximum Gasteiger partial charge on any atom is 0.413 e. The molecule has 2 fully saturated rings. The Balaban J connectivity index is 0.000000162. The molecule has 0 aliphatic carbocycles. The summed E-state index contributed by atoms with van der Waals surface area (Å²) in [5.41, 5.74) is 17.1. The number of fused-ring (bicyclic) bond motifs is 4. The predicted molar refractivity (Wildman–Crippen MR) is 239 cm³/mol. The minimum Gasteiger partial charge on any atom is -0.474 e. The van der Waals surface area contributed by atoms with Crippen LogP contribution in [0.15, 0.2) is 49.1 Å². The summed E-state index contributed by atoms with van der Waals surface area (Å²) in [7, 11) is 0. The molecule has 4 aliphatic heterocycles. The van der Waals surface area contributed by atoms with Crippen molar-refractivity contribution in [2.24, 2.45) is 0 Å². The lowest BCUT2D eigenvalue weighted by atomic mass is 9.97. The van der Waals surface area contributed by atoms with Crippen molar-refractivity contribution in [2.75, 3.05) is 85.2 Å². The Hall–Kier alpha value is -7.32. The van der Waals surface area contributed by atoms with Gasteiger partial charge in [-0.2, -0.15) is 0 Å². The number of hydrogen-bond donors (Lipinski definition) is 8. The smallest absolute Gasteiger partial charge is 0.413 e. The number of halogens is 2. The minimum absolute atomic E-state index is 0.0162. The van der Waals surface area contributed by atoms with Crippen molar-refractivity contribution in [1.82, 2.24) is 30.6 Å². The number of aromatic nitrogens is 4. The fourth-order valence-corrected chi connectivity index (χ4v) is 8.14. The maximum absolute atomic E-state index is 15.2. The number of anilines is 6. The zero-order valence-corrected chi connectivity index (χ0v) is 35.0. The van der Waals surface area contributed by atoms with Gasteiger partial charge in [0.15, 0.2) is 11.6 Å². The number of amides is 2. The number of rotatable bonds is 6. The van der Waals surface area contributed by atoms with E-state index in [0.29, 0.717) is 107 Å². The van der Waals surface area contributed by atoms with Crippen LogP contribution >= 0.6 is 0 Å². The first-order valence-electron chi connectivity index (χ1n) is 20.9. The number of pyridine rings is 4. The molecule has 2 amide bonds. The lowest BCUT2D eigenvalue weighted by Crippen LogP contribution is -2.24. The van der Waals surface area contributed by atoms with E-state index in [1.807, 2.05) is 13.8 Å². The molecule has 10 N–H and O–H groups in total. The molecule has 0 unspecified atom stereocenters. The number of ether oxygens (including phenoxy) is 4. The number of nitrogens with two attached hydrogens (primary N) is 2. The van der Waals surface area contributed by atoms with Gasteiger partial charge in [0, 0.05) is 84.0 Å². The van der Waals surface area contributed by atoms with E-state index in [1.165, 1.54) is 12.4 Å². The average molecular weight is 877 g/mol. The number of nitrogen functional groups attached to an aromatic ring is 2. The predicted octanol–water partition coefficient (Wildman–Crippen LogP) is 6.08. The summed E-state index contributed by atoms with van der Waals surface area (Å²) >= 11 is 0. The van der Waals surface area contributed by atoms with Crippen LogP contribution in [0.4, 0.5) is 52.8 Å². The molecule has 18 nitrogen and oxygen atoms in total. The molecule has 0 bridgehead atoms. The highest BCUT2D eigenvalue weighted by molar-refractivity contribution is 6.01. The Bertz CT molecular complexity index is 2610. The zero-order chi connectivity index (χ0) is 44.5. The van der Waals surface area contributed by atoms with Gasteiger partial charge in [-0.05, 0) is 85.9 Å². The summed E-state index contributed by atoms with van der Waals surface area (Å²) < 4.78 is 52.3. The van der Waals surface area contributed by atoms with Crippen molar-refractivity contribution in [3.63, 3.8) is 0 Å². The minimum atomic E-state index is -0.582. The zero-order valence-electron chi connectivity index (χ0n) is 35.0. The van der Waals surface area contributed by atoms with Gasteiger partial charge < -0.3 is 51.7 Å². The standard InChI is InChI=1S/2C22H23FN6O3/c2*1-11-15(9-28-21-20(11)26-4-5-31-21)14-6-12-7-17(27-10-16(12)19(24)18(14)23)29-22(30)32-13-2-3-25-8-13/h2*6-7,9-10,13,25-26H,2-5,8,24H2,1H3,(H,27,29,30)/t2*13-/m10/s1. The first-order chi connectivity index (χ1) is 31.0. The molecule has 2 aromatic carbocycles. The summed E-state index contributed by atoms with van der Waals surface area (Å²) in [5, 5.41) is 20.2. The van der Waals surface area contributed by atoms with Gasteiger partial charge in [0.05, 0.1) is 11.4 Å². The van der Waals surface area contributed by atoms with Crippen molar-refractivity contribution >= 4 is 68.1 Å². The van der Waals surface area contributed by atoms with Crippen LogP contribution in [0.1, 0.15) is 24.0 Å². The highest BCUT2D eigenvalue weighted by Crippen LogP contribution is 2.41. The first kappa shape index (κ1) is 42.0. The van der Waals surface area contributed by atoms with Crippen LogP contribution in [0.25, 0.3) is 43.8 Å². The molecule has 20 heteroatoms. The quantitative estimate of drug-likeness (QED) is 0.0883. The maximum atomic E-state index is 15.2. The van der Waals surface area contributed by atoms with E-state index in [0.717, 1.165) is 48.4 Å². The normalized spacial score (nSPS) is 17.4. The van der Waals surface area contributed by atoms with Crippen LogP contribution in [-0.2, 0) is 9.47 Å². The second-order valence-electron chi connectivity index (χ2n) is 15.7. The molecule has 4 aliphatic rings. The molecule has 2 saturated heterocycles. The summed E-state index contributed by atoms with van der Waals surface area (Å²) in [5.74, 6) is 0.489. The molecule has 64 heavy (non-hydrogen) atoms. The van der Waals surface area contributed by atoms with Crippen molar-refractivity contribution in [1.29, 1.82) is 0 Å². The van der Waals surface area contributed by atoms with Crippen molar-refractivity contribution < 1.29 is 37.3 Å². The molecule has 10 rings (SSSR count). The van der Waals surface area contributed by atoms with Crippen LogP contribution in [-0.4, -0.2) is 96.8 Å². The number of benzene rings is 2. The number of nitrogens with one attached hydrogen (secondary N) is 6. The van der Waals surface area contributed by atoms with E-state index in [9.17, 15) is 9.59 Å².